The molecule has 1 aromatic heterocycles. The Balaban J connectivity index is 2.42. The van der Waals surface area contributed by atoms with Gasteiger partial charge in [0.15, 0.2) is 5.69 Å². The molecule has 0 saturated carbocycles. The molecular weight excluding hydrogens is 220 g/mol. The first-order valence-electron chi connectivity index (χ1n) is 8.08. The standard InChI is InChI=1S/C16H19N2/c1-11-7-5-6-8-15(11)18-13(3)16-12(2)9-10-17(16)14(18)4/h5-10,12H,1-4H3/q+1/i4D3,12D. The molecule has 2 aromatic rings. The molecule has 0 amide bonds. The number of rotatable bonds is 1. The molecule has 0 radical (unpaired) electrons. The quantitative estimate of drug-likeness (QED) is 0.680. The van der Waals surface area contributed by atoms with Gasteiger partial charge in [0.05, 0.1) is 6.20 Å². The van der Waals surface area contributed by atoms with Crippen LogP contribution in [-0.4, -0.2) is 4.57 Å². The predicted molar refractivity (Wildman–Crippen MR) is 73.9 cm³/mol. The largest absolute Gasteiger partial charge is 0.263 e. The summed E-state index contributed by atoms with van der Waals surface area (Å²) < 4.78 is 35.7. The third kappa shape index (κ3) is 1.38. The molecule has 2 nitrogen and oxygen atoms in total. The van der Waals surface area contributed by atoms with Crippen LogP contribution in [0.25, 0.3) is 11.9 Å². The van der Waals surface area contributed by atoms with Gasteiger partial charge in [-0.1, -0.05) is 25.1 Å². The summed E-state index contributed by atoms with van der Waals surface area (Å²) >= 11 is 0. The van der Waals surface area contributed by atoms with Gasteiger partial charge < -0.3 is 0 Å². The first-order chi connectivity index (χ1) is 10.1. The molecular formula is C16H19N2+. The van der Waals surface area contributed by atoms with Crippen molar-refractivity contribution in [3.05, 3.63) is 53.1 Å². The third-order valence-corrected chi connectivity index (χ3v) is 3.56. The molecule has 2 heteroatoms. The van der Waals surface area contributed by atoms with E-state index in [-0.39, 0.29) is 5.82 Å². The maximum atomic E-state index is 8.43. The SMILES string of the molecule is [2H]C([2H])([2H])c1n2c(c(C)[n+]1-c1ccccc1C)C([2H])(C)C=C2. The monoisotopic (exact) mass is 243 g/mol. The normalized spacial score (nSPS) is 25.3. The molecule has 3 rings (SSSR count). The molecule has 2 heterocycles. The number of aryl methyl sites for hydroxylation is 1. The minimum absolute atomic E-state index is 0.224. The molecule has 0 saturated heterocycles. The van der Waals surface area contributed by atoms with Crippen LogP contribution in [-0.2, 0) is 0 Å². The Morgan fingerprint density at radius 3 is 2.83 bits per heavy atom. The van der Waals surface area contributed by atoms with Gasteiger partial charge >= 0.3 is 0 Å². The molecule has 1 aliphatic heterocycles. The van der Waals surface area contributed by atoms with Crippen molar-refractivity contribution < 1.29 is 10.1 Å². The van der Waals surface area contributed by atoms with Crippen LogP contribution >= 0.6 is 0 Å². The highest BCUT2D eigenvalue weighted by molar-refractivity contribution is 5.43. The van der Waals surface area contributed by atoms with Crippen LogP contribution in [0.5, 0.6) is 0 Å². The lowest BCUT2D eigenvalue weighted by molar-refractivity contribution is -0.609. The van der Waals surface area contributed by atoms with E-state index in [1.165, 1.54) is 0 Å². The summed E-state index contributed by atoms with van der Waals surface area (Å²) in [5.74, 6) is -0.695. The number of para-hydroxylation sites is 1. The summed E-state index contributed by atoms with van der Waals surface area (Å²) in [6, 6.07) is 7.71. The second kappa shape index (κ2) is 3.84. The van der Waals surface area contributed by atoms with E-state index in [2.05, 4.69) is 0 Å². The van der Waals surface area contributed by atoms with Crippen LogP contribution in [0, 0.1) is 20.7 Å². The number of nitrogens with zero attached hydrogens (tertiary/aromatic N) is 2. The van der Waals surface area contributed by atoms with Gasteiger partial charge in [-0.15, -0.1) is 0 Å². The summed E-state index contributed by atoms with van der Waals surface area (Å²) in [7, 11) is 0. The Morgan fingerprint density at radius 1 is 1.33 bits per heavy atom. The lowest BCUT2D eigenvalue weighted by Crippen LogP contribution is -2.36. The Bertz CT molecular complexity index is 782. The molecule has 1 atom stereocenters. The van der Waals surface area contributed by atoms with E-state index >= 15 is 0 Å². The number of aromatic nitrogens is 2. The third-order valence-electron chi connectivity index (χ3n) is 3.56. The first kappa shape index (κ1) is 7.57. The van der Waals surface area contributed by atoms with Crippen LogP contribution in [0.15, 0.2) is 30.3 Å². The van der Waals surface area contributed by atoms with Gasteiger partial charge in [0.25, 0.3) is 5.82 Å². The summed E-state index contributed by atoms with van der Waals surface area (Å²) in [6.45, 7) is 3.35. The van der Waals surface area contributed by atoms with Crippen molar-refractivity contribution in [1.29, 1.82) is 0 Å². The van der Waals surface area contributed by atoms with Gasteiger partial charge in [-0.25, -0.2) is 4.57 Å². The number of hydrogen-bond donors (Lipinski definition) is 0. The number of benzene rings is 1. The molecule has 0 N–H and O–H groups in total. The van der Waals surface area contributed by atoms with Crippen molar-refractivity contribution in [3.63, 3.8) is 0 Å². The van der Waals surface area contributed by atoms with Crippen LogP contribution in [0.3, 0.4) is 0 Å². The molecule has 0 bridgehead atoms. The summed E-state index contributed by atoms with van der Waals surface area (Å²) in [6.07, 6.45) is 3.43. The second-order valence-corrected chi connectivity index (χ2v) is 4.75. The minimum Gasteiger partial charge on any atom is -0.203 e. The summed E-state index contributed by atoms with van der Waals surface area (Å²) in [4.78, 5) is 0. The zero-order chi connectivity index (χ0) is 16.3. The van der Waals surface area contributed by atoms with Gasteiger partial charge in [-0.3, -0.25) is 0 Å². The van der Waals surface area contributed by atoms with Crippen LogP contribution in [0.4, 0.5) is 0 Å². The highest BCUT2D eigenvalue weighted by atomic mass is 15.2. The Hall–Kier alpha value is -1.83. The van der Waals surface area contributed by atoms with Gasteiger partial charge in [0.2, 0.25) is 0 Å². The Morgan fingerprint density at radius 2 is 2.11 bits per heavy atom. The average molecular weight is 243 g/mol. The summed E-state index contributed by atoms with van der Waals surface area (Å²) in [5.41, 5.74) is 3.35. The molecule has 18 heavy (non-hydrogen) atoms. The maximum Gasteiger partial charge on any atom is 0.263 e. The lowest BCUT2D eigenvalue weighted by Gasteiger charge is -2.04. The molecule has 0 fully saturated rings. The summed E-state index contributed by atoms with van der Waals surface area (Å²) in [5, 5.41) is 0. The lowest BCUT2D eigenvalue weighted by atomic mass is 10.1. The molecule has 1 aromatic carbocycles. The van der Waals surface area contributed by atoms with E-state index in [9.17, 15) is 0 Å². The van der Waals surface area contributed by atoms with Gasteiger partial charge in [0, 0.05) is 25.2 Å². The fraction of sp³-hybridized carbons (Fsp3) is 0.312. The highest BCUT2D eigenvalue weighted by Gasteiger charge is 2.31. The van der Waals surface area contributed by atoms with Crippen LogP contribution in [0.2, 0.25) is 0 Å². The van der Waals surface area contributed by atoms with Crippen molar-refractivity contribution >= 4 is 6.20 Å². The van der Waals surface area contributed by atoms with E-state index in [1.807, 2.05) is 38.1 Å². The predicted octanol–water partition coefficient (Wildman–Crippen LogP) is 3.28. The fourth-order valence-electron chi connectivity index (χ4n) is 2.65. The van der Waals surface area contributed by atoms with Crippen molar-refractivity contribution in [2.45, 2.75) is 33.5 Å². The van der Waals surface area contributed by atoms with Crippen LogP contribution < -0.4 is 4.57 Å². The highest BCUT2D eigenvalue weighted by Crippen LogP contribution is 2.28. The van der Waals surface area contributed by atoms with Crippen molar-refractivity contribution in [3.8, 4) is 5.69 Å². The number of fused-ring (bicyclic) bond motifs is 1. The van der Waals surface area contributed by atoms with E-state index in [0.717, 1.165) is 16.9 Å². The average Bonchev–Trinajstić information content (AvgIpc) is 2.86. The molecule has 1 unspecified atom stereocenters. The molecule has 0 spiro atoms. The minimum atomic E-state index is -2.27. The maximum absolute atomic E-state index is 8.43. The van der Waals surface area contributed by atoms with Crippen molar-refractivity contribution in [1.82, 2.24) is 4.57 Å². The first-order valence-corrected chi connectivity index (χ1v) is 6.08. The zero-order valence-electron chi connectivity index (χ0n) is 14.9. The molecule has 0 aliphatic carbocycles. The number of hydrogen-bond acceptors (Lipinski definition) is 0. The zero-order valence-corrected chi connectivity index (χ0v) is 10.9. The smallest absolute Gasteiger partial charge is 0.203 e. The molecule has 1 aliphatic rings. The number of imidazole rings is 1. The van der Waals surface area contributed by atoms with Gasteiger partial charge in [-0.2, -0.15) is 4.57 Å². The van der Waals surface area contributed by atoms with E-state index < -0.39 is 12.7 Å². The van der Waals surface area contributed by atoms with Gasteiger partial charge in [0.1, 0.15) is 11.4 Å². The van der Waals surface area contributed by atoms with Crippen LogP contribution in [0.1, 0.15) is 41.1 Å². The second-order valence-electron chi connectivity index (χ2n) is 4.75. The van der Waals surface area contributed by atoms with E-state index in [1.54, 1.807) is 28.3 Å². The Labute approximate surface area is 114 Å². The topological polar surface area (TPSA) is 8.81 Å². The fourth-order valence-corrected chi connectivity index (χ4v) is 2.65. The van der Waals surface area contributed by atoms with Gasteiger partial charge in [-0.05, 0) is 24.6 Å². The molecule has 92 valence electrons. The number of allylic oxidation sites excluding steroid dienone is 1. The van der Waals surface area contributed by atoms with E-state index in [4.69, 9.17) is 5.48 Å². The van der Waals surface area contributed by atoms with Crippen molar-refractivity contribution in [2.75, 3.05) is 0 Å². The van der Waals surface area contributed by atoms with Crippen molar-refractivity contribution in [2.24, 2.45) is 0 Å². The van der Waals surface area contributed by atoms with E-state index in [0.29, 0.717) is 5.69 Å². The Kier molecular flexibility index (Phi) is 1.61.